The number of benzene rings is 2. The van der Waals surface area contributed by atoms with Gasteiger partial charge in [-0.3, -0.25) is 0 Å². The number of rotatable bonds is 8. The van der Waals surface area contributed by atoms with E-state index in [-0.39, 0.29) is 6.04 Å². The summed E-state index contributed by atoms with van der Waals surface area (Å²) in [6.45, 7) is 5.24. The van der Waals surface area contributed by atoms with Crippen LogP contribution in [0.2, 0.25) is 0 Å². The van der Waals surface area contributed by atoms with Crippen molar-refractivity contribution >= 4 is 28.4 Å². The molecule has 3 aromatic rings. The number of carbonyl (C=O) groups is 1. The number of methoxy groups -OCH3 is 1. The number of aromatic nitrogens is 2. The quantitative estimate of drug-likeness (QED) is 0.441. The molecule has 0 aliphatic carbocycles. The van der Waals surface area contributed by atoms with Crippen LogP contribution in [0.4, 0.5) is 16.3 Å². The van der Waals surface area contributed by atoms with E-state index in [2.05, 4.69) is 64.2 Å². The molecule has 2 unspecified atom stereocenters. The molecule has 2 fully saturated rings. The number of piperazine rings is 1. The summed E-state index contributed by atoms with van der Waals surface area (Å²) in [5.41, 5.74) is 3.33. The van der Waals surface area contributed by atoms with Gasteiger partial charge in [-0.05, 0) is 50.7 Å². The molecule has 0 spiro atoms. The molecule has 0 saturated carbocycles. The normalized spacial score (nSPS) is 21.4. The van der Waals surface area contributed by atoms with E-state index >= 15 is 0 Å². The maximum absolute atomic E-state index is 12.0. The summed E-state index contributed by atoms with van der Waals surface area (Å²) in [6, 6.07) is 15.6. The summed E-state index contributed by atoms with van der Waals surface area (Å²) in [6.07, 6.45) is 2.85. The van der Waals surface area contributed by atoms with Crippen LogP contribution in [-0.2, 0) is 17.7 Å². The van der Waals surface area contributed by atoms with E-state index < -0.39 is 6.09 Å². The van der Waals surface area contributed by atoms with Crippen LogP contribution in [0.3, 0.4) is 0 Å². The highest BCUT2D eigenvalue weighted by Gasteiger charge is 2.34. The lowest BCUT2D eigenvalue weighted by molar-refractivity contribution is 0.0988. The van der Waals surface area contributed by atoms with E-state index in [9.17, 15) is 9.90 Å². The van der Waals surface area contributed by atoms with Crippen molar-refractivity contribution in [2.24, 2.45) is 0 Å². The molecule has 3 aliphatic rings. The van der Waals surface area contributed by atoms with Gasteiger partial charge in [0.05, 0.1) is 18.3 Å². The van der Waals surface area contributed by atoms with Crippen LogP contribution in [0.25, 0.3) is 10.8 Å². The van der Waals surface area contributed by atoms with Crippen LogP contribution in [0.15, 0.2) is 42.5 Å². The van der Waals surface area contributed by atoms with Gasteiger partial charge in [0.25, 0.3) is 0 Å². The first-order chi connectivity index (χ1) is 20.0. The molecule has 2 atom stereocenters. The number of likely N-dealkylation sites (tertiary alicyclic amines) is 1. The van der Waals surface area contributed by atoms with Gasteiger partial charge in [-0.25, -0.2) is 4.79 Å². The Hall–Kier alpha value is -3.63. The fourth-order valence-electron chi connectivity index (χ4n) is 6.57. The second-order valence-electron chi connectivity index (χ2n) is 11.4. The van der Waals surface area contributed by atoms with Gasteiger partial charge in [0, 0.05) is 62.6 Å². The van der Waals surface area contributed by atoms with Crippen molar-refractivity contribution in [1.82, 2.24) is 19.8 Å². The number of nitrogens with zero attached hydrogens (tertiary/aromatic N) is 6. The van der Waals surface area contributed by atoms with Gasteiger partial charge in [-0.1, -0.05) is 36.4 Å². The second kappa shape index (κ2) is 12.1. The average molecular weight is 561 g/mol. The predicted molar refractivity (Wildman–Crippen MR) is 159 cm³/mol. The average Bonchev–Trinajstić information content (AvgIpc) is 3.42. The molecular formula is C31H40N6O4. The number of hydrogen-bond acceptors (Lipinski definition) is 8. The number of anilines is 2. The lowest BCUT2D eigenvalue weighted by Crippen LogP contribution is -2.55. The van der Waals surface area contributed by atoms with Crippen LogP contribution in [0.1, 0.15) is 30.5 Å². The van der Waals surface area contributed by atoms with Crippen molar-refractivity contribution in [3.8, 4) is 6.01 Å². The number of amides is 1. The molecule has 10 heteroatoms. The van der Waals surface area contributed by atoms with E-state index in [1.807, 2.05) is 0 Å². The lowest BCUT2D eigenvalue weighted by Gasteiger charge is -2.42. The van der Waals surface area contributed by atoms with Crippen molar-refractivity contribution in [3.05, 3.63) is 53.7 Å². The van der Waals surface area contributed by atoms with E-state index in [1.165, 1.54) is 22.9 Å². The molecular weight excluding hydrogens is 520 g/mol. The van der Waals surface area contributed by atoms with Crippen LogP contribution in [0, 0.1) is 0 Å². The Labute approximate surface area is 241 Å². The molecule has 1 N–H and O–H groups in total. The number of hydrogen-bond donors (Lipinski definition) is 1. The van der Waals surface area contributed by atoms with E-state index in [0.29, 0.717) is 57.9 Å². The first kappa shape index (κ1) is 27.5. The Morgan fingerprint density at radius 3 is 2.68 bits per heavy atom. The van der Waals surface area contributed by atoms with Gasteiger partial charge < -0.3 is 34.2 Å². The summed E-state index contributed by atoms with van der Waals surface area (Å²) in [5, 5.41) is 12.3. The Morgan fingerprint density at radius 2 is 1.88 bits per heavy atom. The van der Waals surface area contributed by atoms with Crippen LogP contribution < -0.4 is 14.5 Å². The minimum atomic E-state index is -0.883. The molecule has 218 valence electrons. The Balaban J connectivity index is 1.32. The zero-order valence-electron chi connectivity index (χ0n) is 24.0. The predicted octanol–water partition coefficient (Wildman–Crippen LogP) is 3.87. The largest absolute Gasteiger partial charge is 0.465 e. The Kier molecular flexibility index (Phi) is 8.11. The highest BCUT2D eigenvalue weighted by atomic mass is 16.5. The second-order valence-corrected chi connectivity index (χ2v) is 11.4. The fourth-order valence-corrected chi connectivity index (χ4v) is 6.57. The molecule has 3 aliphatic heterocycles. The van der Waals surface area contributed by atoms with E-state index in [0.717, 1.165) is 43.0 Å². The highest BCUT2D eigenvalue weighted by molar-refractivity contribution is 5.94. The van der Waals surface area contributed by atoms with Crippen LogP contribution >= 0.6 is 0 Å². The summed E-state index contributed by atoms with van der Waals surface area (Å²) in [7, 11) is 3.80. The molecule has 1 aromatic heterocycles. The minimum absolute atomic E-state index is 0.168. The zero-order chi connectivity index (χ0) is 28.3. The smallest absolute Gasteiger partial charge is 0.407 e. The van der Waals surface area contributed by atoms with Crippen molar-refractivity contribution < 1.29 is 19.4 Å². The molecule has 41 heavy (non-hydrogen) atoms. The van der Waals surface area contributed by atoms with E-state index in [4.69, 9.17) is 19.4 Å². The van der Waals surface area contributed by atoms with Gasteiger partial charge in [0.1, 0.15) is 12.4 Å². The van der Waals surface area contributed by atoms with Gasteiger partial charge in [-0.2, -0.15) is 9.97 Å². The molecule has 0 bridgehead atoms. The van der Waals surface area contributed by atoms with Gasteiger partial charge in [-0.15, -0.1) is 0 Å². The SMILES string of the molecule is COCCC1CN(c2nc(OCC3CCCN3C)nc3c2CCN(c2cccc4ccccc24)C3)CCN1C(=O)O. The maximum Gasteiger partial charge on any atom is 0.407 e. The molecule has 0 radical (unpaired) electrons. The third-order valence-electron chi connectivity index (χ3n) is 8.89. The monoisotopic (exact) mass is 560 g/mol. The number of fused-ring (bicyclic) bond motifs is 2. The highest BCUT2D eigenvalue weighted by Crippen LogP contribution is 2.35. The molecule has 4 heterocycles. The Bertz CT molecular complexity index is 1380. The van der Waals surface area contributed by atoms with Crippen LogP contribution in [-0.4, -0.2) is 103 Å². The van der Waals surface area contributed by atoms with E-state index in [1.54, 1.807) is 12.0 Å². The number of carboxylic acid groups (broad SMARTS) is 1. The number of likely N-dealkylation sites (N-methyl/N-ethyl adjacent to an activating group) is 1. The molecule has 10 nitrogen and oxygen atoms in total. The number of ether oxygens (including phenoxy) is 2. The summed E-state index contributed by atoms with van der Waals surface area (Å²) >= 11 is 0. The summed E-state index contributed by atoms with van der Waals surface area (Å²) < 4.78 is 11.6. The lowest BCUT2D eigenvalue weighted by atomic mass is 10.0. The molecule has 2 saturated heterocycles. The van der Waals surface area contributed by atoms with Crippen molar-refractivity contribution in [3.63, 3.8) is 0 Å². The van der Waals surface area contributed by atoms with Gasteiger partial charge >= 0.3 is 12.1 Å². The third-order valence-corrected chi connectivity index (χ3v) is 8.89. The van der Waals surface area contributed by atoms with Crippen molar-refractivity contribution in [2.75, 3.05) is 69.9 Å². The summed E-state index contributed by atoms with van der Waals surface area (Å²) in [4.78, 5) is 30.5. The topological polar surface area (TPSA) is 94.5 Å². The van der Waals surface area contributed by atoms with Gasteiger partial charge in [0.2, 0.25) is 0 Å². The molecule has 2 aromatic carbocycles. The van der Waals surface area contributed by atoms with Crippen LogP contribution in [0.5, 0.6) is 6.01 Å². The third kappa shape index (κ3) is 5.76. The summed E-state index contributed by atoms with van der Waals surface area (Å²) in [5.74, 6) is 0.884. The fraction of sp³-hybridized carbons (Fsp3) is 0.516. The maximum atomic E-state index is 12.0. The first-order valence-electron chi connectivity index (χ1n) is 14.7. The zero-order valence-corrected chi connectivity index (χ0v) is 24.0. The van der Waals surface area contributed by atoms with Crippen molar-refractivity contribution in [2.45, 2.75) is 44.3 Å². The molecule has 6 rings (SSSR count). The Morgan fingerprint density at radius 1 is 1.02 bits per heavy atom. The minimum Gasteiger partial charge on any atom is -0.465 e. The van der Waals surface area contributed by atoms with Crippen molar-refractivity contribution in [1.29, 1.82) is 0 Å². The first-order valence-corrected chi connectivity index (χ1v) is 14.7. The van der Waals surface area contributed by atoms with Gasteiger partial charge in [0.15, 0.2) is 0 Å². The standard InChI is InChI=1S/C31H40N6O4/c1-34-14-6-9-24(34)21-41-30-32-27-20-35(28-11-5-8-22-7-3-4-10-25(22)28)15-12-26(27)29(33-30)36-16-17-37(31(38)39)23(19-36)13-18-40-2/h3-5,7-8,10-11,23-24H,6,9,12-21H2,1-2H3,(H,38,39). The molecule has 1 amide bonds.